The van der Waals surface area contributed by atoms with Crippen LogP contribution < -0.4 is 4.87 Å². The van der Waals surface area contributed by atoms with Crippen LogP contribution in [0.4, 0.5) is 0 Å². The van der Waals surface area contributed by atoms with Crippen molar-refractivity contribution in [1.29, 1.82) is 0 Å². The molecule has 0 amide bonds. The van der Waals surface area contributed by atoms with Crippen LogP contribution in [0, 0.1) is 6.92 Å². The third-order valence-electron chi connectivity index (χ3n) is 2.51. The normalized spacial score (nSPS) is 10.4. The molecule has 5 nitrogen and oxygen atoms in total. The highest BCUT2D eigenvalue weighted by atomic mass is 35.5. The first-order chi connectivity index (χ1) is 8.04. The van der Waals surface area contributed by atoms with E-state index in [2.05, 4.69) is 0 Å². The van der Waals surface area contributed by atoms with Crippen molar-refractivity contribution in [2.24, 2.45) is 0 Å². The number of carbonyl (C=O) groups is 1. The number of carboxylic acid groups (broad SMARTS) is 1. The molecule has 1 rings (SSSR count). The van der Waals surface area contributed by atoms with Gasteiger partial charge < -0.3 is 9.67 Å². The van der Waals surface area contributed by atoms with E-state index in [4.69, 9.17) is 5.11 Å². The molecule has 0 saturated carbocycles. The van der Waals surface area contributed by atoms with Gasteiger partial charge in [-0.3, -0.25) is 14.5 Å². The minimum absolute atomic E-state index is 0. The van der Waals surface area contributed by atoms with Crippen LogP contribution in [0.3, 0.4) is 0 Å². The topological polar surface area (TPSA) is 62.5 Å². The number of rotatable bonds is 7. The molecule has 1 heterocycles. The van der Waals surface area contributed by atoms with Crippen LogP contribution in [-0.4, -0.2) is 40.2 Å². The molecular weight excluding hydrogens is 276 g/mol. The average Bonchev–Trinajstić information content (AvgIpc) is 2.55. The van der Waals surface area contributed by atoms with Crippen LogP contribution in [0.5, 0.6) is 0 Å². The zero-order chi connectivity index (χ0) is 12.8. The van der Waals surface area contributed by atoms with Gasteiger partial charge in [-0.25, -0.2) is 0 Å². The molecule has 7 heteroatoms. The van der Waals surface area contributed by atoms with Crippen LogP contribution in [0.1, 0.15) is 19.0 Å². The molecule has 0 unspecified atom stereocenters. The van der Waals surface area contributed by atoms with Gasteiger partial charge in [-0.05, 0) is 19.9 Å². The lowest BCUT2D eigenvalue weighted by molar-refractivity contribution is -0.138. The maximum Gasteiger partial charge on any atom is 0.317 e. The minimum atomic E-state index is -0.826. The highest BCUT2D eigenvalue weighted by Crippen LogP contribution is 2.00. The molecule has 0 bridgehead atoms. The van der Waals surface area contributed by atoms with Gasteiger partial charge in [0.25, 0.3) is 0 Å². The van der Waals surface area contributed by atoms with Crippen molar-refractivity contribution in [3.8, 4) is 0 Å². The second-order valence-corrected chi connectivity index (χ2v) is 4.79. The molecule has 0 aromatic carbocycles. The molecular formula is C11H19ClN2O3S. The summed E-state index contributed by atoms with van der Waals surface area (Å²) in [7, 11) is 0. The zero-order valence-corrected chi connectivity index (χ0v) is 12.2. The molecule has 0 atom stereocenters. The number of thiazole rings is 1. The second-order valence-electron chi connectivity index (χ2n) is 3.96. The predicted molar refractivity (Wildman–Crippen MR) is 74.9 cm³/mol. The van der Waals surface area contributed by atoms with E-state index in [0.717, 1.165) is 18.7 Å². The van der Waals surface area contributed by atoms with Gasteiger partial charge in [-0.2, -0.15) is 0 Å². The highest BCUT2D eigenvalue weighted by molar-refractivity contribution is 7.07. The first-order valence-electron chi connectivity index (χ1n) is 5.63. The number of aryl methyl sites for hydroxylation is 1. The lowest BCUT2D eigenvalue weighted by Gasteiger charge is -2.19. The van der Waals surface area contributed by atoms with Gasteiger partial charge in [0.05, 0.1) is 6.54 Å². The number of hydrogen-bond donors (Lipinski definition) is 1. The fourth-order valence-corrected chi connectivity index (χ4v) is 2.45. The second kappa shape index (κ2) is 8.29. The lowest BCUT2D eigenvalue weighted by atomic mass is 10.4. The Morgan fingerprint density at radius 1 is 1.50 bits per heavy atom. The summed E-state index contributed by atoms with van der Waals surface area (Å²) >= 11 is 1.18. The largest absolute Gasteiger partial charge is 0.480 e. The SMILES string of the molecule is CCCN(CCn1c(C)csc1=O)CC(=O)O.Cl. The quantitative estimate of drug-likeness (QED) is 0.826. The number of nitrogens with zero attached hydrogens (tertiary/aromatic N) is 2. The van der Waals surface area contributed by atoms with E-state index in [0.29, 0.717) is 13.1 Å². The monoisotopic (exact) mass is 294 g/mol. The Morgan fingerprint density at radius 3 is 2.61 bits per heavy atom. The molecule has 0 aliphatic rings. The van der Waals surface area contributed by atoms with Gasteiger partial charge in [0.2, 0.25) is 0 Å². The number of hydrogen-bond acceptors (Lipinski definition) is 4. The smallest absolute Gasteiger partial charge is 0.317 e. The van der Waals surface area contributed by atoms with Crippen LogP contribution in [0.15, 0.2) is 10.2 Å². The molecule has 0 saturated heterocycles. The van der Waals surface area contributed by atoms with Gasteiger partial charge in [-0.15, -0.1) is 12.4 Å². The average molecular weight is 295 g/mol. The van der Waals surface area contributed by atoms with Crippen molar-refractivity contribution in [3.63, 3.8) is 0 Å². The van der Waals surface area contributed by atoms with E-state index in [1.165, 1.54) is 11.3 Å². The lowest BCUT2D eigenvalue weighted by Crippen LogP contribution is -2.34. The van der Waals surface area contributed by atoms with Crippen molar-refractivity contribution in [2.75, 3.05) is 19.6 Å². The van der Waals surface area contributed by atoms with E-state index in [1.54, 1.807) is 4.57 Å². The summed E-state index contributed by atoms with van der Waals surface area (Å²) in [6, 6.07) is 0. The summed E-state index contributed by atoms with van der Waals surface area (Å²) in [5.74, 6) is -0.826. The van der Waals surface area contributed by atoms with E-state index in [-0.39, 0.29) is 23.8 Å². The van der Waals surface area contributed by atoms with Crippen LogP contribution >= 0.6 is 23.7 Å². The van der Waals surface area contributed by atoms with E-state index in [9.17, 15) is 9.59 Å². The number of aromatic nitrogens is 1. The molecule has 0 fully saturated rings. The highest BCUT2D eigenvalue weighted by Gasteiger charge is 2.10. The molecule has 18 heavy (non-hydrogen) atoms. The molecule has 1 N–H and O–H groups in total. The summed E-state index contributed by atoms with van der Waals surface area (Å²) in [6.45, 7) is 5.82. The number of carboxylic acids is 1. The Bertz CT molecular complexity index is 430. The van der Waals surface area contributed by atoms with Crippen molar-refractivity contribution < 1.29 is 9.90 Å². The summed E-state index contributed by atoms with van der Waals surface area (Å²) in [5.41, 5.74) is 0.937. The third-order valence-corrected chi connectivity index (χ3v) is 3.40. The zero-order valence-electron chi connectivity index (χ0n) is 10.6. The van der Waals surface area contributed by atoms with E-state index >= 15 is 0 Å². The first kappa shape index (κ1) is 17.2. The van der Waals surface area contributed by atoms with Crippen LogP contribution in [0.25, 0.3) is 0 Å². The molecule has 0 spiro atoms. The summed E-state index contributed by atoms with van der Waals surface area (Å²) in [4.78, 5) is 24.0. The minimum Gasteiger partial charge on any atom is -0.480 e. The molecule has 0 aliphatic carbocycles. The van der Waals surface area contributed by atoms with E-state index < -0.39 is 5.97 Å². The Labute approximate surface area is 116 Å². The Hall–Kier alpha value is -0.850. The summed E-state index contributed by atoms with van der Waals surface area (Å²) in [6.07, 6.45) is 0.908. The molecule has 1 aromatic heterocycles. The Balaban J connectivity index is 0.00000289. The van der Waals surface area contributed by atoms with Gasteiger partial charge in [0, 0.05) is 24.2 Å². The fraction of sp³-hybridized carbons (Fsp3) is 0.636. The molecule has 0 aliphatic heterocycles. The van der Waals surface area contributed by atoms with Gasteiger partial charge in [-0.1, -0.05) is 18.3 Å². The van der Waals surface area contributed by atoms with Crippen molar-refractivity contribution in [2.45, 2.75) is 26.8 Å². The van der Waals surface area contributed by atoms with Gasteiger partial charge in [0.15, 0.2) is 0 Å². The molecule has 0 radical (unpaired) electrons. The fourth-order valence-electron chi connectivity index (χ4n) is 1.69. The van der Waals surface area contributed by atoms with Crippen molar-refractivity contribution in [3.05, 3.63) is 20.7 Å². The third kappa shape index (κ3) is 5.20. The van der Waals surface area contributed by atoms with Gasteiger partial charge >= 0.3 is 10.8 Å². The predicted octanol–water partition coefficient (Wildman–Crippen LogP) is 1.44. The standard InChI is InChI=1S/C11H18N2O3S.ClH/c1-3-4-12(7-10(14)15)5-6-13-9(2)8-17-11(13)16;/h8H,3-7H2,1-2H3,(H,14,15);1H. The molecule has 104 valence electrons. The first-order valence-corrected chi connectivity index (χ1v) is 6.51. The van der Waals surface area contributed by atoms with Gasteiger partial charge in [0.1, 0.15) is 0 Å². The molecule has 1 aromatic rings. The Morgan fingerprint density at radius 2 is 2.17 bits per heavy atom. The summed E-state index contributed by atoms with van der Waals surface area (Å²) < 4.78 is 1.69. The van der Waals surface area contributed by atoms with Crippen LogP contribution in [-0.2, 0) is 11.3 Å². The number of aliphatic carboxylic acids is 1. The van der Waals surface area contributed by atoms with E-state index in [1.807, 2.05) is 24.1 Å². The maximum atomic E-state index is 11.5. The summed E-state index contributed by atoms with van der Waals surface area (Å²) in [5, 5.41) is 10.6. The van der Waals surface area contributed by atoms with Crippen molar-refractivity contribution >= 4 is 29.7 Å². The van der Waals surface area contributed by atoms with Crippen LogP contribution in [0.2, 0.25) is 0 Å². The Kier molecular flexibility index (Phi) is 7.90. The maximum absolute atomic E-state index is 11.5. The number of halogens is 1. The van der Waals surface area contributed by atoms with Crippen molar-refractivity contribution in [1.82, 2.24) is 9.47 Å².